The molecular formula is C21H24ClNO3S. The molecular weight excluding hydrogens is 382 g/mol. The summed E-state index contributed by atoms with van der Waals surface area (Å²) in [7, 11) is 0. The van der Waals surface area contributed by atoms with Crippen molar-refractivity contribution >= 4 is 35.0 Å². The van der Waals surface area contributed by atoms with Crippen molar-refractivity contribution in [2.45, 2.75) is 32.4 Å². The molecule has 2 aromatic rings. The number of nitrogens with one attached hydrogen (secondary N) is 1. The van der Waals surface area contributed by atoms with E-state index in [1.54, 1.807) is 11.8 Å². The van der Waals surface area contributed by atoms with E-state index in [4.69, 9.17) is 21.1 Å². The second-order valence-corrected chi connectivity index (χ2v) is 8.09. The number of halogens is 1. The van der Waals surface area contributed by atoms with Crippen LogP contribution in [0.15, 0.2) is 30.3 Å². The van der Waals surface area contributed by atoms with Gasteiger partial charge in [-0.25, -0.2) is 0 Å². The molecule has 1 N–H and O–H groups in total. The van der Waals surface area contributed by atoms with E-state index in [1.165, 1.54) is 0 Å². The zero-order chi connectivity index (χ0) is 19.2. The second-order valence-electron chi connectivity index (χ2n) is 6.57. The molecule has 0 aliphatic carbocycles. The van der Waals surface area contributed by atoms with Gasteiger partial charge in [-0.15, -0.1) is 0 Å². The highest BCUT2D eigenvalue weighted by atomic mass is 35.5. The number of hydrogen-bond acceptors (Lipinski definition) is 4. The molecule has 4 nitrogen and oxygen atoms in total. The SMILES string of the molecule is Cc1cccc(C)c1NC(=O)CCCSCc1cc(Cl)c2c(c1)OCCO2. The summed E-state index contributed by atoms with van der Waals surface area (Å²) >= 11 is 8.05. The number of benzene rings is 2. The number of hydrogen-bond donors (Lipinski definition) is 1. The van der Waals surface area contributed by atoms with Gasteiger partial charge >= 0.3 is 0 Å². The third-order valence-corrected chi connectivity index (χ3v) is 5.76. The molecule has 0 atom stereocenters. The molecule has 0 saturated heterocycles. The molecule has 0 aromatic heterocycles. The van der Waals surface area contributed by atoms with Gasteiger partial charge in [-0.05, 0) is 54.8 Å². The molecule has 1 amide bonds. The molecule has 0 unspecified atom stereocenters. The lowest BCUT2D eigenvalue weighted by atomic mass is 10.1. The Morgan fingerprint density at radius 1 is 1.19 bits per heavy atom. The van der Waals surface area contributed by atoms with Gasteiger partial charge in [-0.3, -0.25) is 4.79 Å². The largest absolute Gasteiger partial charge is 0.486 e. The number of para-hydroxylation sites is 1. The summed E-state index contributed by atoms with van der Waals surface area (Å²) in [6.45, 7) is 5.11. The minimum Gasteiger partial charge on any atom is -0.486 e. The normalized spacial score (nSPS) is 12.7. The highest BCUT2D eigenvalue weighted by molar-refractivity contribution is 7.98. The summed E-state index contributed by atoms with van der Waals surface area (Å²) < 4.78 is 11.1. The van der Waals surface area contributed by atoms with Crippen LogP contribution < -0.4 is 14.8 Å². The fourth-order valence-electron chi connectivity index (χ4n) is 2.99. The van der Waals surface area contributed by atoms with Crippen LogP contribution in [-0.4, -0.2) is 24.9 Å². The van der Waals surface area contributed by atoms with E-state index in [0.29, 0.717) is 30.4 Å². The fourth-order valence-corrected chi connectivity index (χ4v) is 4.17. The Balaban J connectivity index is 1.42. The van der Waals surface area contributed by atoms with E-state index in [0.717, 1.165) is 46.1 Å². The smallest absolute Gasteiger partial charge is 0.224 e. The van der Waals surface area contributed by atoms with Crippen LogP contribution in [0.3, 0.4) is 0 Å². The van der Waals surface area contributed by atoms with Gasteiger partial charge in [0.1, 0.15) is 13.2 Å². The maximum Gasteiger partial charge on any atom is 0.224 e. The van der Waals surface area contributed by atoms with Gasteiger partial charge in [0, 0.05) is 17.9 Å². The summed E-state index contributed by atoms with van der Waals surface area (Å²) in [5, 5.41) is 3.63. The number of aryl methyl sites for hydroxylation is 2. The first kappa shape index (κ1) is 19.9. The van der Waals surface area contributed by atoms with Crippen LogP contribution >= 0.6 is 23.4 Å². The van der Waals surface area contributed by atoms with Crippen LogP contribution in [-0.2, 0) is 10.5 Å². The number of amides is 1. The summed E-state index contributed by atoms with van der Waals surface area (Å²) in [6.07, 6.45) is 1.35. The van der Waals surface area contributed by atoms with Crippen LogP contribution in [0.2, 0.25) is 5.02 Å². The van der Waals surface area contributed by atoms with Gasteiger partial charge in [0.2, 0.25) is 5.91 Å². The van der Waals surface area contributed by atoms with Crippen molar-refractivity contribution in [1.29, 1.82) is 0 Å². The molecule has 2 aromatic carbocycles. The van der Waals surface area contributed by atoms with Gasteiger partial charge in [0.25, 0.3) is 0 Å². The van der Waals surface area contributed by atoms with E-state index in [-0.39, 0.29) is 5.91 Å². The monoisotopic (exact) mass is 405 g/mol. The van der Waals surface area contributed by atoms with Gasteiger partial charge in [0.15, 0.2) is 11.5 Å². The number of thioether (sulfide) groups is 1. The molecule has 1 heterocycles. The third-order valence-electron chi connectivity index (χ3n) is 4.36. The number of carbonyl (C=O) groups excluding carboxylic acids is 1. The minimum absolute atomic E-state index is 0.0652. The molecule has 0 saturated carbocycles. The van der Waals surface area contributed by atoms with E-state index >= 15 is 0 Å². The lowest BCUT2D eigenvalue weighted by Gasteiger charge is -2.20. The average Bonchev–Trinajstić information content (AvgIpc) is 2.65. The Bertz CT molecular complexity index is 805. The highest BCUT2D eigenvalue weighted by Crippen LogP contribution is 2.39. The first-order valence-corrected chi connectivity index (χ1v) is 10.6. The lowest BCUT2D eigenvalue weighted by molar-refractivity contribution is -0.116. The maximum atomic E-state index is 12.2. The van der Waals surface area contributed by atoms with Gasteiger partial charge in [-0.2, -0.15) is 11.8 Å². The van der Waals surface area contributed by atoms with Crippen molar-refractivity contribution in [3.63, 3.8) is 0 Å². The third kappa shape index (κ3) is 5.33. The van der Waals surface area contributed by atoms with Crippen molar-refractivity contribution in [2.24, 2.45) is 0 Å². The van der Waals surface area contributed by atoms with Crippen LogP contribution in [0, 0.1) is 13.8 Å². The fraction of sp³-hybridized carbons (Fsp3) is 0.381. The molecule has 0 fully saturated rings. The maximum absolute atomic E-state index is 12.2. The summed E-state index contributed by atoms with van der Waals surface area (Å²) in [5.74, 6) is 3.16. The Morgan fingerprint density at radius 2 is 1.93 bits per heavy atom. The lowest BCUT2D eigenvalue weighted by Crippen LogP contribution is -2.15. The summed E-state index contributed by atoms with van der Waals surface area (Å²) in [6, 6.07) is 9.94. The Kier molecular flexibility index (Phi) is 6.91. The molecule has 0 bridgehead atoms. The molecule has 27 heavy (non-hydrogen) atoms. The quantitative estimate of drug-likeness (QED) is 0.628. The molecule has 1 aliphatic heterocycles. The number of ether oxygens (including phenoxy) is 2. The van der Waals surface area contributed by atoms with Gasteiger partial charge < -0.3 is 14.8 Å². The zero-order valence-corrected chi connectivity index (χ0v) is 17.2. The molecule has 0 spiro atoms. The predicted molar refractivity (Wildman–Crippen MR) is 112 cm³/mol. The number of rotatable bonds is 7. The molecule has 3 rings (SSSR count). The van der Waals surface area contributed by atoms with E-state index in [9.17, 15) is 4.79 Å². The Labute approximate surface area is 169 Å². The second kappa shape index (κ2) is 9.38. The van der Waals surface area contributed by atoms with Gasteiger partial charge in [0.05, 0.1) is 5.02 Å². The first-order valence-electron chi connectivity index (χ1n) is 9.06. The van der Waals surface area contributed by atoms with Crippen molar-refractivity contribution < 1.29 is 14.3 Å². The Hall–Kier alpha value is -1.85. The van der Waals surface area contributed by atoms with Crippen molar-refractivity contribution in [2.75, 3.05) is 24.3 Å². The van der Waals surface area contributed by atoms with Crippen LogP contribution in [0.25, 0.3) is 0 Å². The van der Waals surface area contributed by atoms with Crippen LogP contribution in [0.5, 0.6) is 11.5 Å². The van der Waals surface area contributed by atoms with E-state index < -0.39 is 0 Å². The number of anilines is 1. The van der Waals surface area contributed by atoms with E-state index in [1.807, 2.05) is 44.2 Å². The van der Waals surface area contributed by atoms with Crippen molar-refractivity contribution in [3.8, 4) is 11.5 Å². The number of fused-ring (bicyclic) bond motifs is 1. The van der Waals surface area contributed by atoms with Gasteiger partial charge in [-0.1, -0.05) is 29.8 Å². The topological polar surface area (TPSA) is 47.6 Å². The predicted octanol–water partition coefficient (Wildman–Crippen LogP) is 5.38. The molecule has 6 heteroatoms. The standard InChI is InChI=1S/C21H24ClNO3S/c1-14-5-3-6-15(2)20(14)23-19(24)7-4-10-27-13-16-11-17(22)21-18(12-16)25-8-9-26-21/h3,5-6,11-12H,4,7-10,13H2,1-2H3,(H,23,24). The van der Waals surface area contributed by atoms with Crippen molar-refractivity contribution in [1.82, 2.24) is 0 Å². The molecule has 1 aliphatic rings. The Morgan fingerprint density at radius 3 is 2.70 bits per heavy atom. The average molecular weight is 406 g/mol. The summed E-state index contributed by atoms with van der Waals surface area (Å²) in [5.41, 5.74) is 4.22. The minimum atomic E-state index is 0.0652. The highest BCUT2D eigenvalue weighted by Gasteiger charge is 2.16. The summed E-state index contributed by atoms with van der Waals surface area (Å²) in [4.78, 5) is 12.2. The zero-order valence-electron chi connectivity index (χ0n) is 15.6. The van der Waals surface area contributed by atoms with Crippen LogP contribution in [0.4, 0.5) is 5.69 Å². The number of carbonyl (C=O) groups is 1. The van der Waals surface area contributed by atoms with E-state index in [2.05, 4.69) is 5.32 Å². The van der Waals surface area contributed by atoms with Crippen LogP contribution in [0.1, 0.15) is 29.5 Å². The van der Waals surface area contributed by atoms with Crippen molar-refractivity contribution in [3.05, 3.63) is 52.0 Å². The molecule has 0 radical (unpaired) electrons. The first-order chi connectivity index (χ1) is 13.0. The molecule has 144 valence electrons.